The van der Waals surface area contributed by atoms with Crippen LogP contribution >= 0.6 is 0 Å². The van der Waals surface area contributed by atoms with Crippen LogP contribution in [-0.2, 0) is 17.9 Å². The smallest absolute Gasteiger partial charge is 0.138 e. The molecule has 4 heterocycles. The van der Waals surface area contributed by atoms with E-state index in [2.05, 4.69) is 26.4 Å². The Labute approximate surface area is 142 Å². The van der Waals surface area contributed by atoms with Crippen molar-refractivity contribution in [1.82, 2.24) is 19.4 Å². The summed E-state index contributed by atoms with van der Waals surface area (Å²) < 4.78 is 13.7. The predicted molar refractivity (Wildman–Crippen MR) is 89.8 cm³/mol. The van der Waals surface area contributed by atoms with Crippen molar-refractivity contribution in [3.8, 4) is 5.75 Å². The maximum absolute atomic E-state index is 5.84. The van der Waals surface area contributed by atoms with E-state index in [1.54, 1.807) is 12.4 Å². The summed E-state index contributed by atoms with van der Waals surface area (Å²) in [5.74, 6) is 1.94. The van der Waals surface area contributed by atoms with Gasteiger partial charge in [-0.2, -0.15) is 0 Å². The van der Waals surface area contributed by atoms with Crippen LogP contribution in [0.3, 0.4) is 0 Å². The van der Waals surface area contributed by atoms with Crippen molar-refractivity contribution in [3.63, 3.8) is 0 Å². The number of aromatic nitrogens is 3. The minimum atomic E-state index is 0.342. The molecular formula is C18H24N4O2. The first-order valence-corrected chi connectivity index (χ1v) is 8.73. The third kappa shape index (κ3) is 3.03. The number of fused-ring (bicyclic) bond motifs is 1. The van der Waals surface area contributed by atoms with Gasteiger partial charge >= 0.3 is 0 Å². The zero-order valence-electron chi connectivity index (χ0n) is 14.1. The van der Waals surface area contributed by atoms with Gasteiger partial charge in [0, 0.05) is 38.5 Å². The molecule has 0 bridgehead atoms. The Kier molecular flexibility index (Phi) is 4.49. The first-order valence-electron chi connectivity index (χ1n) is 8.73. The van der Waals surface area contributed by atoms with Crippen molar-refractivity contribution in [2.45, 2.75) is 45.0 Å². The minimum absolute atomic E-state index is 0.342. The van der Waals surface area contributed by atoms with Gasteiger partial charge in [-0.05, 0) is 31.9 Å². The highest BCUT2D eigenvalue weighted by Gasteiger charge is 2.32. The first kappa shape index (κ1) is 15.6. The van der Waals surface area contributed by atoms with Crippen LogP contribution < -0.4 is 4.74 Å². The highest BCUT2D eigenvalue weighted by atomic mass is 16.5. The summed E-state index contributed by atoms with van der Waals surface area (Å²) >= 11 is 0. The summed E-state index contributed by atoms with van der Waals surface area (Å²) in [7, 11) is 0. The zero-order chi connectivity index (χ0) is 16.4. The van der Waals surface area contributed by atoms with E-state index < -0.39 is 0 Å². The number of hydrogen-bond donors (Lipinski definition) is 0. The van der Waals surface area contributed by atoms with Crippen molar-refractivity contribution >= 4 is 0 Å². The predicted octanol–water partition coefficient (Wildman–Crippen LogP) is 2.41. The Bertz CT molecular complexity index is 667. The minimum Gasteiger partial charge on any atom is -0.486 e. The molecule has 0 saturated carbocycles. The van der Waals surface area contributed by atoms with Gasteiger partial charge in [0.1, 0.15) is 18.2 Å². The highest BCUT2D eigenvalue weighted by Crippen LogP contribution is 2.30. The Morgan fingerprint density at radius 2 is 2.12 bits per heavy atom. The molecule has 2 aromatic heterocycles. The standard InChI is InChI=1S/C18H24N4O2/c1-14-18-20-11-16(13-24-17-3-2-6-19-12-17)22(18)8-7-21(14)15-4-9-23-10-5-15/h2-3,6,11-12,14-15H,4-5,7-10,13H2,1H3. The molecule has 2 aliphatic rings. The normalized spacial score (nSPS) is 22.3. The number of ether oxygens (including phenoxy) is 2. The van der Waals surface area contributed by atoms with Crippen LogP contribution in [0.1, 0.15) is 37.3 Å². The molecule has 0 aromatic carbocycles. The number of hydrogen-bond acceptors (Lipinski definition) is 5. The topological polar surface area (TPSA) is 52.4 Å². The second-order valence-corrected chi connectivity index (χ2v) is 6.49. The molecule has 24 heavy (non-hydrogen) atoms. The molecule has 2 aromatic rings. The van der Waals surface area contributed by atoms with Gasteiger partial charge in [0.2, 0.25) is 0 Å². The van der Waals surface area contributed by atoms with Gasteiger partial charge in [-0.3, -0.25) is 9.88 Å². The molecule has 1 atom stereocenters. The largest absolute Gasteiger partial charge is 0.486 e. The van der Waals surface area contributed by atoms with Gasteiger partial charge in [-0.15, -0.1) is 0 Å². The Morgan fingerprint density at radius 1 is 1.25 bits per heavy atom. The van der Waals surface area contributed by atoms with Crippen LogP contribution in [0, 0.1) is 0 Å². The number of nitrogens with zero attached hydrogens (tertiary/aromatic N) is 4. The summed E-state index contributed by atoms with van der Waals surface area (Å²) in [5.41, 5.74) is 1.13. The fourth-order valence-corrected chi connectivity index (χ4v) is 3.80. The van der Waals surface area contributed by atoms with E-state index in [0.29, 0.717) is 18.7 Å². The van der Waals surface area contributed by atoms with Crippen LogP contribution in [0.15, 0.2) is 30.7 Å². The van der Waals surface area contributed by atoms with E-state index in [4.69, 9.17) is 9.47 Å². The van der Waals surface area contributed by atoms with E-state index >= 15 is 0 Å². The van der Waals surface area contributed by atoms with Crippen molar-refractivity contribution in [2.75, 3.05) is 19.8 Å². The van der Waals surface area contributed by atoms with Gasteiger partial charge in [0.05, 0.1) is 24.1 Å². The lowest BCUT2D eigenvalue weighted by Gasteiger charge is -2.41. The number of imidazole rings is 1. The summed E-state index contributed by atoms with van der Waals surface area (Å²) in [4.78, 5) is 11.4. The first-order chi connectivity index (χ1) is 11.8. The average molecular weight is 328 g/mol. The average Bonchev–Trinajstić information content (AvgIpc) is 3.06. The van der Waals surface area contributed by atoms with Crippen LogP contribution in [0.2, 0.25) is 0 Å². The van der Waals surface area contributed by atoms with E-state index in [0.717, 1.165) is 56.4 Å². The second-order valence-electron chi connectivity index (χ2n) is 6.49. The van der Waals surface area contributed by atoms with Crippen molar-refractivity contribution in [3.05, 3.63) is 42.2 Å². The molecule has 6 heteroatoms. The molecule has 1 fully saturated rings. The fraction of sp³-hybridized carbons (Fsp3) is 0.556. The quantitative estimate of drug-likeness (QED) is 0.863. The summed E-state index contributed by atoms with van der Waals surface area (Å²) in [5, 5.41) is 0. The van der Waals surface area contributed by atoms with Crippen LogP contribution in [0.25, 0.3) is 0 Å². The molecule has 0 amide bonds. The molecule has 4 rings (SSSR count). The fourth-order valence-electron chi connectivity index (χ4n) is 3.80. The van der Waals surface area contributed by atoms with Crippen molar-refractivity contribution in [2.24, 2.45) is 0 Å². The molecule has 0 aliphatic carbocycles. The third-order valence-corrected chi connectivity index (χ3v) is 5.10. The Hall–Kier alpha value is -1.92. The highest BCUT2D eigenvalue weighted by molar-refractivity contribution is 5.17. The maximum Gasteiger partial charge on any atom is 0.138 e. The third-order valence-electron chi connectivity index (χ3n) is 5.10. The van der Waals surface area contributed by atoms with E-state index in [9.17, 15) is 0 Å². The molecule has 0 spiro atoms. The summed E-state index contributed by atoms with van der Waals surface area (Å²) in [6.07, 6.45) is 7.70. The summed E-state index contributed by atoms with van der Waals surface area (Å²) in [6.45, 7) is 6.60. The molecule has 1 saturated heterocycles. The SMILES string of the molecule is CC1c2ncc(COc3cccnc3)n2CCN1C1CCOCC1. The van der Waals surface area contributed by atoms with E-state index in [-0.39, 0.29) is 0 Å². The van der Waals surface area contributed by atoms with Gasteiger partial charge in [0.15, 0.2) is 0 Å². The van der Waals surface area contributed by atoms with Crippen LogP contribution in [-0.4, -0.2) is 45.2 Å². The molecule has 2 aliphatic heterocycles. The lowest BCUT2D eigenvalue weighted by molar-refractivity contribution is 0.00853. The lowest BCUT2D eigenvalue weighted by atomic mass is 10.0. The Morgan fingerprint density at radius 3 is 2.92 bits per heavy atom. The Balaban J connectivity index is 1.46. The summed E-state index contributed by atoms with van der Waals surface area (Å²) in [6, 6.07) is 4.77. The monoisotopic (exact) mass is 328 g/mol. The molecule has 6 nitrogen and oxygen atoms in total. The van der Waals surface area contributed by atoms with Crippen LogP contribution in [0.5, 0.6) is 5.75 Å². The zero-order valence-corrected chi connectivity index (χ0v) is 14.1. The van der Waals surface area contributed by atoms with Gasteiger partial charge < -0.3 is 14.0 Å². The number of pyridine rings is 1. The molecular weight excluding hydrogens is 304 g/mol. The molecule has 128 valence electrons. The van der Waals surface area contributed by atoms with E-state index in [1.165, 1.54) is 0 Å². The second kappa shape index (κ2) is 6.91. The van der Waals surface area contributed by atoms with Crippen molar-refractivity contribution in [1.29, 1.82) is 0 Å². The molecule has 0 N–H and O–H groups in total. The lowest BCUT2D eigenvalue weighted by Crippen LogP contribution is -2.46. The van der Waals surface area contributed by atoms with Gasteiger partial charge in [0.25, 0.3) is 0 Å². The maximum atomic E-state index is 5.84. The number of rotatable bonds is 4. The molecule has 0 radical (unpaired) electrons. The van der Waals surface area contributed by atoms with E-state index in [1.807, 2.05) is 18.3 Å². The van der Waals surface area contributed by atoms with Crippen molar-refractivity contribution < 1.29 is 9.47 Å². The van der Waals surface area contributed by atoms with Gasteiger partial charge in [-0.1, -0.05) is 0 Å². The van der Waals surface area contributed by atoms with Crippen LogP contribution in [0.4, 0.5) is 0 Å². The van der Waals surface area contributed by atoms with Gasteiger partial charge in [-0.25, -0.2) is 4.98 Å². The molecule has 1 unspecified atom stereocenters.